The maximum Gasteiger partial charge on any atom is 0.293 e. The summed E-state index contributed by atoms with van der Waals surface area (Å²) in [4.78, 5) is 11.7. The summed E-state index contributed by atoms with van der Waals surface area (Å²) in [5.74, 6) is 0.831. The fourth-order valence-corrected chi connectivity index (χ4v) is 1.57. The highest BCUT2D eigenvalue weighted by Gasteiger charge is 2.12. The number of anilines is 1. The van der Waals surface area contributed by atoms with E-state index in [-0.39, 0.29) is 10.9 Å². The van der Waals surface area contributed by atoms with Gasteiger partial charge in [0.25, 0.3) is 5.91 Å². The Kier molecular flexibility index (Phi) is 3.63. The van der Waals surface area contributed by atoms with E-state index in [1.807, 2.05) is 0 Å². The van der Waals surface area contributed by atoms with Gasteiger partial charge < -0.3 is 9.73 Å². The number of amides is 1. The molecule has 0 saturated heterocycles. The molecular weight excluding hydrogens is 276 g/mol. The molecule has 3 N–H and O–H groups in total. The molecule has 8 heteroatoms. The molecular formula is C10H9ClN4O2S. The molecule has 18 heavy (non-hydrogen) atoms. The lowest BCUT2D eigenvalue weighted by atomic mass is 10.4. The average molecular weight is 285 g/mol. The monoisotopic (exact) mass is 284 g/mol. The first-order chi connectivity index (χ1) is 8.54. The number of carbonyl (C=O) groups is 1. The zero-order valence-electron chi connectivity index (χ0n) is 9.28. The molecule has 0 fully saturated rings. The van der Waals surface area contributed by atoms with Crippen LogP contribution in [0.3, 0.4) is 0 Å². The van der Waals surface area contributed by atoms with E-state index in [9.17, 15) is 4.79 Å². The van der Waals surface area contributed by atoms with Gasteiger partial charge in [0.2, 0.25) is 0 Å². The maximum absolute atomic E-state index is 11.7. The van der Waals surface area contributed by atoms with Crippen LogP contribution in [0.4, 0.5) is 5.82 Å². The molecule has 2 heterocycles. The number of rotatable bonds is 2. The van der Waals surface area contributed by atoms with Crippen molar-refractivity contribution >= 4 is 40.7 Å². The topological polar surface area (TPSA) is 83.0 Å². The molecule has 0 aliphatic heterocycles. The summed E-state index contributed by atoms with van der Waals surface area (Å²) >= 11 is 10.6. The number of H-pyrrole nitrogens is 1. The third-order valence-corrected chi connectivity index (χ3v) is 2.38. The second kappa shape index (κ2) is 5.19. The first-order valence-electron chi connectivity index (χ1n) is 4.94. The number of nitrogens with one attached hydrogen (secondary N) is 3. The van der Waals surface area contributed by atoms with Gasteiger partial charge in [0, 0.05) is 6.07 Å². The summed E-state index contributed by atoms with van der Waals surface area (Å²) in [6.07, 6.45) is 0. The van der Waals surface area contributed by atoms with E-state index in [0.29, 0.717) is 16.7 Å². The Morgan fingerprint density at radius 3 is 2.89 bits per heavy atom. The zero-order valence-corrected chi connectivity index (χ0v) is 10.9. The van der Waals surface area contributed by atoms with Gasteiger partial charge in [-0.2, -0.15) is 5.10 Å². The van der Waals surface area contributed by atoms with Crippen molar-refractivity contribution in [1.29, 1.82) is 0 Å². The second-order valence-corrected chi connectivity index (χ2v) is 4.24. The van der Waals surface area contributed by atoms with Gasteiger partial charge in [-0.25, -0.2) is 0 Å². The van der Waals surface area contributed by atoms with Gasteiger partial charge in [-0.05, 0) is 31.3 Å². The van der Waals surface area contributed by atoms with Crippen LogP contribution in [0, 0.1) is 6.92 Å². The Hall–Kier alpha value is -1.86. The van der Waals surface area contributed by atoms with Crippen LogP contribution in [0.5, 0.6) is 0 Å². The van der Waals surface area contributed by atoms with Crippen LogP contribution in [0.1, 0.15) is 16.3 Å². The van der Waals surface area contributed by atoms with Crippen molar-refractivity contribution in [1.82, 2.24) is 15.5 Å². The van der Waals surface area contributed by atoms with Crippen molar-refractivity contribution in [3.05, 3.63) is 34.9 Å². The van der Waals surface area contributed by atoms with Crippen molar-refractivity contribution in [2.75, 3.05) is 5.32 Å². The summed E-state index contributed by atoms with van der Waals surface area (Å²) < 4.78 is 5.16. The van der Waals surface area contributed by atoms with E-state index in [1.165, 1.54) is 6.07 Å². The minimum absolute atomic E-state index is 0.109. The number of hydrogen-bond acceptors (Lipinski definition) is 4. The van der Waals surface area contributed by atoms with Crippen molar-refractivity contribution in [3.8, 4) is 0 Å². The highest BCUT2D eigenvalue weighted by Crippen LogP contribution is 2.10. The normalized spacial score (nSPS) is 10.1. The molecule has 0 saturated carbocycles. The summed E-state index contributed by atoms with van der Waals surface area (Å²) in [5.41, 5.74) is 0. The van der Waals surface area contributed by atoms with E-state index < -0.39 is 5.91 Å². The highest BCUT2D eigenvalue weighted by atomic mass is 35.5. The summed E-state index contributed by atoms with van der Waals surface area (Å²) in [5, 5.41) is 12.0. The molecule has 0 aliphatic rings. The minimum atomic E-state index is -0.428. The Morgan fingerprint density at radius 1 is 1.56 bits per heavy atom. The van der Waals surface area contributed by atoms with Crippen LogP contribution in [0.15, 0.2) is 22.6 Å². The predicted molar refractivity (Wildman–Crippen MR) is 70.7 cm³/mol. The number of hydrogen-bond donors (Lipinski definition) is 3. The number of aromatic amines is 1. The zero-order chi connectivity index (χ0) is 13.1. The van der Waals surface area contributed by atoms with Crippen LogP contribution in [-0.4, -0.2) is 21.2 Å². The standard InChI is InChI=1S/C10H9ClN4O2S/c1-5-2-3-6(17-5)9(16)13-10(18)12-8-4-7(11)14-15-8/h2-4H,1H3,(H3,12,13,14,15,16,18). The Balaban J connectivity index is 1.93. The van der Waals surface area contributed by atoms with Gasteiger partial charge in [-0.1, -0.05) is 11.6 Å². The van der Waals surface area contributed by atoms with Crippen molar-refractivity contribution in [2.45, 2.75) is 6.92 Å². The van der Waals surface area contributed by atoms with Crippen LogP contribution in [-0.2, 0) is 0 Å². The molecule has 94 valence electrons. The third kappa shape index (κ3) is 3.08. The first-order valence-corrected chi connectivity index (χ1v) is 5.73. The number of aromatic nitrogens is 2. The maximum atomic E-state index is 11.7. The molecule has 2 aromatic heterocycles. The van der Waals surface area contributed by atoms with E-state index in [2.05, 4.69) is 20.8 Å². The quantitative estimate of drug-likeness (QED) is 0.736. The molecule has 2 rings (SSSR count). The molecule has 0 unspecified atom stereocenters. The fraction of sp³-hybridized carbons (Fsp3) is 0.100. The lowest BCUT2D eigenvalue weighted by Gasteiger charge is -2.05. The molecule has 0 atom stereocenters. The molecule has 6 nitrogen and oxygen atoms in total. The molecule has 2 aromatic rings. The lowest BCUT2D eigenvalue weighted by molar-refractivity contribution is 0.0949. The van der Waals surface area contributed by atoms with Gasteiger partial charge in [-0.3, -0.25) is 15.2 Å². The third-order valence-electron chi connectivity index (χ3n) is 1.98. The molecule has 0 spiro atoms. The lowest BCUT2D eigenvalue weighted by Crippen LogP contribution is -2.34. The van der Waals surface area contributed by atoms with Crippen LogP contribution in [0.25, 0.3) is 0 Å². The summed E-state index contributed by atoms with van der Waals surface area (Å²) in [6, 6.07) is 4.80. The summed E-state index contributed by atoms with van der Waals surface area (Å²) in [6.45, 7) is 1.75. The highest BCUT2D eigenvalue weighted by molar-refractivity contribution is 7.80. The number of aryl methyl sites for hydroxylation is 1. The number of thiocarbonyl (C=S) groups is 1. The van der Waals surface area contributed by atoms with Crippen molar-refractivity contribution in [3.63, 3.8) is 0 Å². The molecule has 0 bridgehead atoms. The van der Waals surface area contributed by atoms with Gasteiger partial charge in [0.1, 0.15) is 10.9 Å². The SMILES string of the molecule is Cc1ccc(C(=O)NC(=S)Nc2cc(Cl)[nH]n2)o1. The summed E-state index contributed by atoms with van der Waals surface area (Å²) in [7, 11) is 0. The molecule has 0 aromatic carbocycles. The Bertz CT molecular complexity index is 592. The van der Waals surface area contributed by atoms with E-state index >= 15 is 0 Å². The van der Waals surface area contributed by atoms with Crippen LogP contribution < -0.4 is 10.6 Å². The van der Waals surface area contributed by atoms with Crippen molar-refractivity contribution in [2.24, 2.45) is 0 Å². The van der Waals surface area contributed by atoms with E-state index in [0.717, 1.165) is 0 Å². The van der Waals surface area contributed by atoms with Gasteiger partial charge in [0.05, 0.1) is 0 Å². The molecule has 0 radical (unpaired) electrons. The number of nitrogens with zero attached hydrogens (tertiary/aromatic N) is 1. The van der Waals surface area contributed by atoms with Crippen molar-refractivity contribution < 1.29 is 9.21 Å². The smallest absolute Gasteiger partial charge is 0.293 e. The van der Waals surface area contributed by atoms with Gasteiger partial charge >= 0.3 is 0 Å². The van der Waals surface area contributed by atoms with Crippen LogP contribution in [0.2, 0.25) is 5.15 Å². The second-order valence-electron chi connectivity index (χ2n) is 3.42. The van der Waals surface area contributed by atoms with Gasteiger partial charge in [0.15, 0.2) is 16.7 Å². The average Bonchev–Trinajstić information content (AvgIpc) is 2.87. The van der Waals surface area contributed by atoms with Gasteiger partial charge in [-0.15, -0.1) is 0 Å². The predicted octanol–water partition coefficient (Wildman–Crippen LogP) is 2.09. The Morgan fingerprint density at radius 2 is 2.33 bits per heavy atom. The van der Waals surface area contributed by atoms with Crippen LogP contribution >= 0.6 is 23.8 Å². The number of carbonyl (C=O) groups excluding carboxylic acids is 1. The number of furan rings is 1. The molecule has 0 aliphatic carbocycles. The largest absolute Gasteiger partial charge is 0.456 e. The minimum Gasteiger partial charge on any atom is -0.456 e. The van der Waals surface area contributed by atoms with E-state index in [4.69, 9.17) is 28.2 Å². The Labute approximate surface area is 113 Å². The number of halogens is 1. The first kappa shape index (κ1) is 12.6. The van der Waals surface area contributed by atoms with E-state index in [1.54, 1.807) is 19.1 Å². The fourth-order valence-electron chi connectivity index (χ4n) is 1.23. The molecule has 1 amide bonds.